The van der Waals surface area contributed by atoms with Gasteiger partial charge in [0.05, 0.1) is 12.7 Å². The predicted octanol–water partition coefficient (Wildman–Crippen LogP) is 5.15. The number of unbranched alkanes of at least 4 members (excludes halogenated alkanes) is 2. The van der Waals surface area contributed by atoms with Crippen LogP contribution in [0.15, 0.2) is 24.3 Å². The molecule has 11 heteroatoms. The number of hydrogen-bond acceptors (Lipinski definition) is 6. The van der Waals surface area contributed by atoms with Crippen molar-refractivity contribution in [1.29, 1.82) is 0 Å². The van der Waals surface area contributed by atoms with Crippen molar-refractivity contribution in [1.82, 2.24) is 14.8 Å². The number of nitrogens with one attached hydrogen (secondary N) is 1. The van der Waals surface area contributed by atoms with Gasteiger partial charge < -0.3 is 20.1 Å². The Bertz CT molecular complexity index is 1160. The summed E-state index contributed by atoms with van der Waals surface area (Å²) in [5.41, 5.74) is 0.798. The molecule has 0 saturated carbocycles. The van der Waals surface area contributed by atoms with Gasteiger partial charge in [0.15, 0.2) is 11.6 Å². The molecule has 7 nitrogen and oxygen atoms in total. The fourth-order valence-corrected chi connectivity index (χ4v) is 5.58. The van der Waals surface area contributed by atoms with Crippen molar-refractivity contribution in [3.63, 3.8) is 0 Å². The van der Waals surface area contributed by atoms with E-state index in [9.17, 15) is 27.5 Å². The van der Waals surface area contributed by atoms with Gasteiger partial charge in [0.1, 0.15) is 11.9 Å². The highest BCUT2D eigenvalue weighted by atomic mass is 19.4. The highest BCUT2D eigenvalue weighted by molar-refractivity contribution is 5.77. The lowest BCUT2D eigenvalue weighted by Crippen LogP contribution is -2.38. The molecule has 2 N–H and O–H groups in total. The molecule has 0 spiro atoms. The molecular formula is C28H36F4N4O3. The molecule has 1 saturated heterocycles. The number of nitrogens with zero attached hydrogens (tertiary/aromatic N) is 3. The van der Waals surface area contributed by atoms with Gasteiger partial charge in [-0.25, -0.2) is 9.37 Å². The van der Waals surface area contributed by atoms with E-state index in [0.717, 1.165) is 70.2 Å². The number of methoxy groups -OCH3 is 1. The van der Waals surface area contributed by atoms with Crippen LogP contribution >= 0.6 is 0 Å². The van der Waals surface area contributed by atoms with Crippen LogP contribution in [0.2, 0.25) is 0 Å². The zero-order valence-electron chi connectivity index (χ0n) is 22.4. The number of aryl methyl sites for hydroxylation is 2. The van der Waals surface area contributed by atoms with E-state index in [1.807, 2.05) is 7.05 Å². The van der Waals surface area contributed by atoms with Crippen molar-refractivity contribution in [3.8, 4) is 5.75 Å². The van der Waals surface area contributed by atoms with Gasteiger partial charge in [0.2, 0.25) is 0 Å². The number of alkyl halides is 3. The molecule has 2 aromatic rings. The quantitative estimate of drug-likeness (QED) is 0.295. The summed E-state index contributed by atoms with van der Waals surface area (Å²) in [6.07, 6.45) is 1.95. The molecule has 0 bridgehead atoms. The van der Waals surface area contributed by atoms with Crippen LogP contribution < -0.4 is 10.1 Å². The van der Waals surface area contributed by atoms with Crippen molar-refractivity contribution in [3.05, 3.63) is 52.5 Å². The zero-order chi connectivity index (χ0) is 28.2. The van der Waals surface area contributed by atoms with Crippen LogP contribution in [-0.2, 0) is 23.8 Å². The lowest BCUT2D eigenvalue weighted by atomic mass is 10.0. The van der Waals surface area contributed by atoms with E-state index < -0.39 is 35.3 Å². The maximum atomic E-state index is 14.5. The van der Waals surface area contributed by atoms with Gasteiger partial charge in [0, 0.05) is 36.9 Å². The number of carboxylic acids is 1. The average Bonchev–Trinajstić information content (AvgIpc) is 3.37. The molecule has 1 fully saturated rings. The molecule has 0 radical (unpaired) electrons. The standard InChI is InChI=1S/C28H36F4N4O3/c1-35(13-5-3-4-8-20-10-9-18-7-6-12-33-26(18)34-20)21-11-14-36(17-21)24(27(37)38)22-15-19(28(30,31)32)16-23(29)25(22)39-2/h9-10,15-16,21,24H,3-8,11-14,17H2,1-2H3,(H,33,34)(H,37,38)/t21-,24-/m1/s1. The zero-order valence-corrected chi connectivity index (χ0v) is 22.4. The molecule has 1 aromatic carbocycles. The van der Waals surface area contributed by atoms with E-state index in [4.69, 9.17) is 9.72 Å². The number of carbonyl (C=O) groups is 1. The van der Waals surface area contributed by atoms with Crippen molar-refractivity contribution in [2.24, 2.45) is 0 Å². The molecule has 39 heavy (non-hydrogen) atoms. The number of rotatable bonds is 11. The third-order valence-electron chi connectivity index (χ3n) is 7.71. The number of aromatic nitrogens is 1. The first-order valence-corrected chi connectivity index (χ1v) is 13.4. The Morgan fingerprint density at radius 2 is 2.08 bits per heavy atom. The van der Waals surface area contributed by atoms with Crippen LogP contribution in [0, 0.1) is 5.82 Å². The number of fused-ring (bicyclic) bond motifs is 1. The predicted molar refractivity (Wildman–Crippen MR) is 140 cm³/mol. The summed E-state index contributed by atoms with van der Waals surface area (Å²) >= 11 is 0. The van der Waals surface area contributed by atoms with E-state index in [1.165, 1.54) is 5.56 Å². The highest BCUT2D eigenvalue weighted by Crippen LogP contribution is 2.39. The number of likely N-dealkylation sites (tertiary alicyclic amines) is 1. The normalized spacial score (nSPS) is 18.6. The summed E-state index contributed by atoms with van der Waals surface area (Å²) in [5, 5.41) is 13.3. The smallest absolute Gasteiger partial charge is 0.416 e. The van der Waals surface area contributed by atoms with Crippen LogP contribution in [0.4, 0.5) is 23.4 Å². The van der Waals surface area contributed by atoms with Crippen LogP contribution in [0.3, 0.4) is 0 Å². The SMILES string of the molecule is COc1c(F)cc(C(F)(F)F)cc1[C@H](C(=O)O)N1CC[C@@H](N(C)CCCCCc2ccc3c(n2)NCCC3)C1. The molecule has 0 amide bonds. The van der Waals surface area contributed by atoms with E-state index in [1.54, 1.807) is 4.90 Å². The molecule has 2 aliphatic rings. The number of ether oxygens (including phenoxy) is 1. The third kappa shape index (κ3) is 7.00. The summed E-state index contributed by atoms with van der Waals surface area (Å²) in [4.78, 5) is 20.7. The maximum Gasteiger partial charge on any atom is 0.416 e. The third-order valence-corrected chi connectivity index (χ3v) is 7.71. The van der Waals surface area contributed by atoms with E-state index in [0.29, 0.717) is 31.6 Å². The molecule has 214 valence electrons. The first kappa shape index (κ1) is 29.1. The molecule has 1 aromatic heterocycles. The summed E-state index contributed by atoms with van der Waals surface area (Å²) in [5.74, 6) is -2.05. The van der Waals surface area contributed by atoms with Gasteiger partial charge in [-0.1, -0.05) is 12.5 Å². The van der Waals surface area contributed by atoms with E-state index in [2.05, 4.69) is 22.3 Å². The van der Waals surface area contributed by atoms with Gasteiger partial charge >= 0.3 is 12.1 Å². The average molecular weight is 553 g/mol. The largest absolute Gasteiger partial charge is 0.493 e. The second kappa shape index (κ2) is 12.5. The Kier molecular flexibility index (Phi) is 9.32. The Morgan fingerprint density at radius 1 is 1.28 bits per heavy atom. The first-order chi connectivity index (χ1) is 18.6. The Morgan fingerprint density at radius 3 is 2.79 bits per heavy atom. The van der Waals surface area contributed by atoms with Crippen LogP contribution in [0.25, 0.3) is 0 Å². The molecule has 2 atom stereocenters. The lowest BCUT2D eigenvalue weighted by Gasteiger charge is -2.29. The fraction of sp³-hybridized carbons (Fsp3) is 0.571. The summed E-state index contributed by atoms with van der Waals surface area (Å²) < 4.78 is 59.5. The van der Waals surface area contributed by atoms with Gasteiger partial charge in [-0.05, 0) is 75.9 Å². The van der Waals surface area contributed by atoms with E-state index in [-0.39, 0.29) is 11.6 Å². The lowest BCUT2D eigenvalue weighted by molar-refractivity contribution is -0.144. The number of hydrogen-bond donors (Lipinski definition) is 2. The number of benzene rings is 1. The number of halogens is 4. The van der Waals surface area contributed by atoms with Gasteiger partial charge in [0.25, 0.3) is 0 Å². The molecule has 0 aliphatic carbocycles. The van der Waals surface area contributed by atoms with Crippen molar-refractivity contribution in [2.45, 2.75) is 63.2 Å². The summed E-state index contributed by atoms with van der Waals surface area (Å²) in [6, 6.07) is 3.88. The van der Waals surface area contributed by atoms with Crippen molar-refractivity contribution in [2.75, 3.05) is 45.7 Å². The minimum Gasteiger partial charge on any atom is -0.493 e. The van der Waals surface area contributed by atoms with Crippen LogP contribution in [0.5, 0.6) is 5.75 Å². The van der Waals surface area contributed by atoms with Crippen LogP contribution in [-0.4, -0.2) is 72.2 Å². The second-order valence-corrected chi connectivity index (χ2v) is 10.4. The summed E-state index contributed by atoms with van der Waals surface area (Å²) in [7, 11) is 3.10. The number of anilines is 1. The van der Waals surface area contributed by atoms with Gasteiger partial charge in [-0.3, -0.25) is 9.69 Å². The number of pyridine rings is 1. The van der Waals surface area contributed by atoms with Crippen molar-refractivity contribution >= 4 is 11.8 Å². The molecule has 2 aliphatic heterocycles. The number of aliphatic carboxylic acids is 1. The molecule has 4 rings (SSSR count). The van der Waals surface area contributed by atoms with Gasteiger partial charge in [-0.2, -0.15) is 13.2 Å². The molecule has 0 unspecified atom stereocenters. The highest BCUT2D eigenvalue weighted by Gasteiger charge is 2.40. The minimum absolute atomic E-state index is 0.0434. The number of carboxylic acid groups (broad SMARTS) is 1. The monoisotopic (exact) mass is 552 g/mol. The first-order valence-electron chi connectivity index (χ1n) is 13.4. The molecule has 3 heterocycles. The second-order valence-electron chi connectivity index (χ2n) is 10.4. The summed E-state index contributed by atoms with van der Waals surface area (Å²) in [6.45, 7) is 2.49. The van der Waals surface area contributed by atoms with Crippen LogP contribution in [0.1, 0.15) is 60.5 Å². The Labute approximate surface area is 226 Å². The number of likely N-dealkylation sites (N-methyl/N-ethyl adjacent to an activating group) is 1. The Balaban J connectivity index is 1.31. The fourth-order valence-electron chi connectivity index (χ4n) is 5.58. The van der Waals surface area contributed by atoms with Crippen molar-refractivity contribution < 1.29 is 32.2 Å². The van der Waals surface area contributed by atoms with E-state index >= 15 is 0 Å². The Hall–Kier alpha value is -2.92. The minimum atomic E-state index is -4.81. The molecular weight excluding hydrogens is 516 g/mol. The topological polar surface area (TPSA) is 77.9 Å². The maximum absolute atomic E-state index is 14.5. The van der Waals surface area contributed by atoms with Gasteiger partial charge in [-0.15, -0.1) is 0 Å².